The molecule has 1 aromatic heterocycles. The summed E-state index contributed by atoms with van der Waals surface area (Å²) in [7, 11) is 5.64. The van der Waals surface area contributed by atoms with Gasteiger partial charge in [0, 0.05) is 40.9 Å². The van der Waals surface area contributed by atoms with E-state index < -0.39 is 0 Å². The summed E-state index contributed by atoms with van der Waals surface area (Å²) in [6.45, 7) is 6.21. The lowest BCUT2D eigenvalue weighted by molar-refractivity contribution is 0.0698. The highest BCUT2D eigenvalue weighted by molar-refractivity contribution is 5.79. The second-order valence-electron chi connectivity index (χ2n) is 5.46. The molecular weight excluding hydrogens is 306 g/mol. The van der Waals surface area contributed by atoms with E-state index >= 15 is 0 Å². The number of nitrogens with one attached hydrogen (secondary N) is 2. The van der Waals surface area contributed by atoms with Crippen LogP contribution in [0.15, 0.2) is 23.2 Å². The summed E-state index contributed by atoms with van der Waals surface area (Å²) >= 11 is 0. The van der Waals surface area contributed by atoms with Crippen molar-refractivity contribution in [2.45, 2.75) is 19.9 Å². The second-order valence-corrected chi connectivity index (χ2v) is 5.46. The summed E-state index contributed by atoms with van der Waals surface area (Å²) in [6.07, 6.45) is 0.919. The number of ether oxygens (including phenoxy) is 2. The zero-order valence-electron chi connectivity index (χ0n) is 15.3. The van der Waals surface area contributed by atoms with Gasteiger partial charge in [0.2, 0.25) is 0 Å². The van der Waals surface area contributed by atoms with Crippen molar-refractivity contribution in [1.82, 2.24) is 15.6 Å². The normalized spacial score (nSPS) is 11.4. The third-order valence-electron chi connectivity index (χ3n) is 3.18. The van der Waals surface area contributed by atoms with E-state index in [9.17, 15) is 0 Å². The van der Waals surface area contributed by atoms with Crippen molar-refractivity contribution in [3.05, 3.63) is 23.9 Å². The summed E-state index contributed by atoms with van der Waals surface area (Å²) in [4.78, 5) is 11.1. The molecule has 1 rings (SSSR count). The first-order chi connectivity index (χ1) is 11.7. The molecule has 0 saturated carbocycles. The Morgan fingerprint density at radius 3 is 2.75 bits per heavy atom. The van der Waals surface area contributed by atoms with Gasteiger partial charge in [-0.2, -0.15) is 0 Å². The van der Waals surface area contributed by atoms with Gasteiger partial charge in [0.15, 0.2) is 5.96 Å². The molecule has 24 heavy (non-hydrogen) atoms. The van der Waals surface area contributed by atoms with Gasteiger partial charge in [-0.25, -0.2) is 9.98 Å². The highest BCUT2D eigenvalue weighted by atomic mass is 16.5. The number of aliphatic imine (C=N–C) groups is 1. The van der Waals surface area contributed by atoms with Crippen LogP contribution in [-0.2, 0) is 16.0 Å². The third-order valence-corrected chi connectivity index (χ3v) is 3.18. The smallest absolute Gasteiger partial charge is 0.191 e. The molecule has 0 amide bonds. The summed E-state index contributed by atoms with van der Waals surface area (Å²) in [5.74, 6) is 1.74. The van der Waals surface area contributed by atoms with Crippen LogP contribution in [0.4, 0.5) is 5.82 Å². The van der Waals surface area contributed by atoms with Crippen LogP contribution >= 0.6 is 0 Å². The Kier molecular flexibility index (Phi) is 10.6. The molecule has 0 bridgehead atoms. The number of hydrogen-bond acceptors (Lipinski definition) is 5. The van der Waals surface area contributed by atoms with Crippen molar-refractivity contribution in [3.63, 3.8) is 0 Å². The van der Waals surface area contributed by atoms with Gasteiger partial charge >= 0.3 is 0 Å². The van der Waals surface area contributed by atoms with Crippen molar-refractivity contribution in [2.75, 3.05) is 59.0 Å². The maximum atomic E-state index is 5.44. The minimum absolute atomic E-state index is 0.543. The minimum atomic E-state index is 0.543. The first-order valence-electron chi connectivity index (χ1n) is 8.39. The zero-order chi connectivity index (χ0) is 17.6. The molecule has 0 atom stereocenters. The fourth-order valence-electron chi connectivity index (χ4n) is 1.93. The highest BCUT2D eigenvalue weighted by Gasteiger charge is 2.01. The number of rotatable bonds is 11. The Labute approximate surface area is 145 Å². The minimum Gasteiger partial charge on any atom is -0.382 e. The summed E-state index contributed by atoms with van der Waals surface area (Å²) in [6, 6.07) is 5.98. The molecule has 1 heterocycles. The van der Waals surface area contributed by atoms with Crippen LogP contribution in [0.1, 0.15) is 19.0 Å². The first-order valence-corrected chi connectivity index (χ1v) is 8.39. The first kappa shape index (κ1) is 20.2. The number of pyridine rings is 1. The summed E-state index contributed by atoms with van der Waals surface area (Å²) in [5, 5.41) is 6.55. The van der Waals surface area contributed by atoms with E-state index in [-0.39, 0.29) is 0 Å². The molecule has 0 radical (unpaired) electrons. The van der Waals surface area contributed by atoms with E-state index in [2.05, 4.69) is 27.5 Å². The molecule has 0 unspecified atom stereocenters. The Hall–Kier alpha value is -1.86. The van der Waals surface area contributed by atoms with Gasteiger partial charge in [-0.3, -0.25) is 0 Å². The van der Waals surface area contributed by atoms with Gasteiger partial charge in [0.1, 0.15) is 5.82 Å². The molecule has 0 aliphatic heterocycles. The van der Waals surface area contributed by atoms with Crippen LogP contribution in [0.2, 0.25) is 0 Å². The van der Waals surface area contributed by atoms with Gasteiger partial charge in [-0.05, 0) is 25.5 Å². The highest BCUT2D eigenvalue weighted by Crippen LogP contribution is 2.08. The van der Waals surface area contributed by atoms with Gasteiger partial charge in [0.25, 0.3) is 0 Å². The van der Waals surface area contributed by atoms with Gasteiger partial charge in [-0.15, -0.1) is 0 Å². The van der Waals surface area contributed by atoms with Gasteiger partial charge in [0.05, 0.1) is 25.5 Å². The van der Waals surface area contributed by atoms with Crippen molar-refractivity contribution in [2.24, 2.45) is 4.99 Å². The molecule has 7 heteroatoms. The quantitative estimate of drug-likeness (QED) is 0.360. The van der Waals surface area contributed by atoms with Gasteiger partial charge < -0.3 is 25.0 Å². The molecule has 0 saturated heterocycles. The predicted octanol–water partition coefficient (Wildman–Crippen LogP) is 1.26. The van der Waals surface area contributed by atoms with Crippen molar-refractivity contribution in [3.8, 4) is 0 Å². The molecule has 1 aromatic rings. The molecule has 0 aliphatic rings. The lowest BCUT2D eigenvalue weighted by atomic mass is 10.3. The van der Waals surface area contributed by atoms with Crippen molar-refractivity contribution in [1.29, 1.82) is 0 Å². The Bertz CT molecular complexity index is 480. The largest absolute Gasteiger partial charge is 0.382 e. The molecule has 0 aliphatic carbocycles. The number of methoxy groups -OCH3 is 1. The Morgan fingerprint density at radius 2 is 2.04 bits per heavy atom. The number of guanidine groups is 1. The molecule has 7 nitrogen and oxygen atoms in total. The molecular formula is C17H31N5O2. The van der Waals surface area contributed by atoms with E-state index in [4.69, 9.17) is 9.47 Å². The van der Waals surface area contributed by atoms with E-state index in [1.54, 1.807) is 7.11 Å². The average molecular weight is 337 g/mol. The molecule has 0 aromatic carbocycles. The lowest BCUT2D eigenvalue weighted by Crippen LogP contribution is -2.38. The van der Waals surface area contributed by atoms with Crippen molar-refractivity contribution >= 4 is 11.8 Å². The second kappa shape index (κ2) is 12.5. The number of nitrogens with zero attached hydrogens (tertiary/aromatic N) is 3. The molecule has 136 valence electrons. The fraction of sp³-hybridized carbons (Fsp3) is 0.647. The maximum Gasteiger partial charge on any atom is 0.191 e. The predicted molar refractivity (Wildman–Crippen MR) is 98.7 cm³/mol. The monoisotopic (exact) mass is 337 g/mol. The van der Waals surface area contributed by atoms with Crippen LogP contribution in [0, 0.1) is 0 Å². The third kappa shape index (κ3) is 8.69. The van der Waals surface area contributed by atoms with Crippen LogP contribution in [0.25, 0.3) is 0 Å². The van der Waals surface area contributed by atoms with E-state index in [1.807, 2.05) is 37.2 Å². The number of anilines is 1. The standard InChI is InChI=1S/C17H31N5O2/c1-5-18-17(19-10-7-11-24-13-12-23-4)20-14-15-8-6-9-16(21-15)22(2)3/h6,8-9H,5,7,10-14H2,1-4H3,(H2,18,19,20). The molecule has 2 N–H and O–H groups in total. The SMILES string of the molecule is CCNC(=NCc1cccc(N(C)C)n1)NCCCOCCOC. The number of hydrogen-bond donors (Lipinski definition) is 2. The van der Waals surface area contributed by atoms with Crippen LogP contribution in [0.3, 0.4) is 0 Å². The van der Waals surface area contributed by atoms with E-state index in [1.165, 1.54) is 0 Å². The van der Waals surface area contributed by atoms with Gasteiger partial charge in [-0.1, -0.05) is 6.07 Å². The van der Waals surface area contributed by atoms with Crippen LogP contribution < -0.4 is 15.5 Å². The Morgan fingerprint density at radius 1 is 1.21 bits per heavy atom. The van der Waals surface area contributed by atoms with Crippen LogP contribution in [-0.4, -0.2) is 65.1 Å². The average Bonchev–Trinajstić information content (AvgIpc) is 2.59. The van der Waals surface area contributed by atoms with Crippen molar-refractivity contribution < 1.29 is 9.47 Å². The topological polar surface area (TPSA) is 71.0 Å². The lowest BCUT2D eigenvalue weighted by Gasteiger charge is -2.13. The zero-order valence-corrected chi connectivity index (χ0v) is 15.3. The summed E-state index contributed by atoms with van der Waals surface area (Å²) < 4.78 is 10.4. The van der Waals surface area contributed by atoms with Crippen LogP contribution in [0.5, 0.6) is 0 Å². The Balaban J connectivity index is 2.40. The fourth-order valence-corrected chi connectivity index (χ4v) is 1.93. The maximum absolute atomic E-state index is 5.44. The summed E-state index contributed by atoms with van der Waals surface area (Å²) in [5.41, 5.74) is 0.946. The van der Waals surface area contributed by atoms with E-state index in [0.29, 0.717) is 26.4 Å². The molecule has 0 spiro atoms. The molecule has 0 fully saturated rings. The number of aromatic nitrogens is 1. The van der Waals surface area contributed by atoms with E-state index in [0.717, 1.165) is 37.0 Å².